The van der Waals surface area contributed by atoms with Crippen LogP contribution in [-0.4, -0.2) is 27.5 Å². The number of carbonyl (C=O) groups excluding carboxylic acids is 1. The van der Waals surface area contributed by atoms with Gasteiger partial charge in [-0.05, 0) is 18.2 Å². The van der Waals surface area contributed by atoms with Gasteiger partial charge in [0.15, 0.2) is 11.5 Å². The zero-order valence-corrected chi connectivity index (χ0v) is 13.9. The lowest BCUT2D eigenvalue weighted by molar-refractivity contribution is -0.114. The largest absolute Gasteiger partial charge is 0.454 e. The molecule has 3 aromatic rings. The van der Waals surface area contributed by atoms with Crippen LogP contribution in [0.15, 0.2) is 29.6 Å². The van der Waals surface area contributed by atoms with Gasteiger partial charge in [-0.3, -0.25) is 9.48 Å². The highest BCUT2D eigenvalue weighted by Gasteiger charge is 2.16. The van der Waals surface area contributed by atoms with Crippen molar-refractivity contribution >= 4 is 23.1 Å². The molecule has 0 fully saturated rings. The monoisotopic (exact) mass is 342 g/mol. The Morgan fingerprint density at radius 3 is 2.92 bits per heavy atom. The molecule has 1 N–H and O–H groups in total. The molecule has 0 spiro atoms. The van der Waals surface area contributed by atoms with E-state index in [9.17, 15) is 4.79 Å². The molecule has 1 aliphatic rings. The highest BCUT2D eigenvalue weighted by Crippen LogP contribution is 2.37. The minimum absolute atomic E-state index is 0.135. The third-order valence-corrected chi connectivity index (χ3v) is 4.44. The Kier molecular flexibility index (Phi) is 3.46. The predicted octanol–water partition coefficient (Wildman–Crippen LogP) is 2.90. The van der Waals surface area contributed by atoms with Gasteiger partial charge in [0.2, 0.25) is 12.7 Å². The van der Waals surface area contributed by atoms with Gasteiger partial charge in [-0.1, -0.05) is 0 Å². The predicted molar refractivity (Wildman–Crippen MR) is 90.2 cm³/mol. The molecule has 8 heteroatoms. The Balaban J connectivity index is 1.64. The number of thiazole rings is 1. The second-order valence-corrected chi connectivity index (χ2v) is 6.18. The molecule has 0 saturated carbocycles. The Labute approximate surface area is 141 Å². The van der Waals surface area contributed by atoms with Crippen LogP contribution in [0, 0.1) is 0 Å². The van der Waals surface area contributed by atoms with Crippen LogP contribution in [0.1, 0.15) is 6.92 Å². The Bertz CT molecular complexity index is 931. The fourth-order valence-corrected chi connectivity index (χ4v) is 3.23. The van der Waals surface area contributed by atoms with Crippen molar-refractivity contribution < 1.29 is 14.3 Å². The number of hydrogen-bond donors (Lipinski definition) is 1. The maximum atomic E-state index is 11.2. The van der Waals surface area contributed by atoms with E-state index in [4.69, 9.17) is 9.47 Å². The molecule has 0 saturated heterocycles. The SMILES string of the molecule is CC(=O)Nc1cc(-c2nc(-c3ccc4c(c3)OCO4)cs2)nn1C. The van der Waals surface area contributed by atoms with Crippen molar-refractivity contribution in [1.29, 1.82) is 0 Å². The summed E-state index contributed by atoms with van der Waals surface area (Å²) in [6, 6.07) is 7.56. The fourth-order valence-electron chi connectivity index (χ4n) is 2.45. The Morgan fingerprint density at radius 1 is 1.25 bits per heavy atom. The molecule has 1 amide bonds. The number of ether oxygens (including phenoxy) is 2. The zero-order chi connectivity index (χ0) is 16.7. The zero-order valence-electron chi connectivity index (χ0n) is 13.1. The normalized spacial score (nSPS) is 12.4. The summed E-state index contributed by atoms with van der Waals surface area (Å²) in [5.41, 5.74) is 2.53. The van der Waals surface area contributed by atoms with Gasteiger partial charge in [0.1, 0.15) is 16.5 Å². The quantitative estimate of drug-likeness (QED) is 0.792. The van der Waals surface area contributed by atoms with E-state index in [1.165, 1.54) is 18.3 Å². The van der Waals surface area contributed by atoms with E-state index in [2.05, 4.69) is 15.4 Å². The summed E-state index contributed by atoms with van der Waals surface area (Å²) in [5.74, 6) is 1.98. The van der Waals surface area contributed by atoms with Gasteiger partial charge in [0, 0.05) is 31.0 Å². The van der Waals surface area contributed by atoms with E-state index in [1.54, 1.807) is 11.7 Å². The van der Waals surface area contributed by atoms with Crippen molar-refractivity contribution in [3.8, 4) is 33.5 Å². The number of anilines is 1. The van der Waals surface area contributed by atoms with Gasteiger partial charge in [-0.25, -0.2) is 4.98 Å². The van der Waals surface area contributed by atoms with Crippen LogP contribution >= 0.6 is 11.3 Å². The smallest absolute Gasteiger partial charge is 0.231 e. The van der Waals surface area contributed by atoms with Crippen molar-refractivity contribution in [3.63, 3.8) is 0 Å². The van der Waals surface area contributed by atoms with Gasteiger partial charge >= 0.3 is 0 Å². The maximum Gasteiger partial charge on any atom is 0.231 e. The van der Waals surface area contributed by atoms with Crippen molar-refractivity contribution in [2.45, 2.75) is 6.92 Å². The number of fused-ring (bicyclic) bond motifs is 1. The van der Waals surface area contributed by atoms with E-state index in [1.807, 2.05) is 29.6 Å². The van der Waals surface area contributed by atoms with Crippen LogP contribution in [0.5, 0.6) is 11.5 Å². The lowest BCUT2D eigenvalue weighted by Crippen LogP contribution is -2.09. The highest BCUT2D eigenvalue weighted by atomic mass is 32.1. The minimum Gasteiger partial charge on any atom is -0.454 e. The van der Waals surface area contributed by atoms with Crippen LogP contribution < -0.4 is 14.8 Å². The van der Waals surface area contributed by atoms with Crippen molar-refractivity contribution in [2.24, 2.45) is 7.05 Å². The molecule has 0 aliphatic carbocycles. The highest BCUT2D eigenvalue weighted by molar-refractivity contribution is 7.13. The second kappa shape index (κ2) is 5.64. The summed E-state index contributed by atoms with van der Waals surface area (Å²) in [6.07, 6.45) is 0. The molecule has 7 nitrogen and oxygen atoms in total. The molecule has 0 radical (unpaired) electrons. The molecule has 2 aromatic heterocycles. The summed E-state index contributed by atoms with van der Waals surface area (Å²) < 4.78 is 12.4. The number of hydrogen-bond acceptors (Lipinski definition) is 6. The lowest BCUT2D eigenvalue weighted by Gasteiger charge is -1.99. The third-order valence-electron chi connectivity index (χ3n) is 3.58. The first-order valence-electron chi connectivity index (χ1n) is 7.28. The van der Waals surface area contributed by atoms with E-state index in [0.717, 1.165) is 33.5 Å². The number of benzene rings is 1. The summed E-state index contributed by atoms with van der Waals surface area (Å²) in [4.78, 5) is 15.8. The lowest BCUT2D eigenvalue weighted by atomic mass is 10.1. The van der Waals surface area contributed by atoms with Crippen LogP contribution in [-0.2, 0) is 11.8 Å². The first-order valence-corrected chi connectivity index (χ1v) is 8.15. The second-order valence-electron chi connectivity index (χ2n) is 5.33. The summed E-state index contributed by atoms with van der Waals surface area (Å²) >= 11 is 1.50. The standard InChI is InChI=1S/C16H14N4O3S/c1-9(21)17-15-6-11(19-20(15)2)16-18-12(7-24-16)10-3-4-13-14(5-10)23-8-22-13/h3-7H,8H2,1-2H3,(H,17,21). The Hall–Kier alpha value is -2.87. The summed E-state index contributed by atoms with van der Waals surface area (Å²) in [5, 5.41) is 9.90. The number of amides is 1. The number of nitrogens with one attached hydrogen (secondary N) is 1. The van der Waals surface area contributed by atoms with Crippen LogP contribution in [0.4, 0.5) is 5.82 Å². The van der Waals surface area contributed by atoms with Crippen LogP contribution in [0.25, 0.3) is 22.0 Å². The number of aromatic nitrogens is 3. The molecule has 3 heterocycles. The number of nitrogens with zero attached hydrogens (tertiary/aromatic N) is 3. The topological polar surface area (TPSA) is 78.3 Å². The molecular formula is C16H14N4O3S. The van der Waals surface area contributed by atoms with Gasteiger partial charge < -0.3 is 14.8 Å². The fraction of sp³-hybridized carbons (Fsp3) is 0.188. The van der Waals surface area contributed by atoms with Crippen LogP contribution in [0.2, 0.25) is 0 Å². The first kappa shape index (κ1) is 14.7. The third kappa shape index (κ3) is 2.61. The van der Waals surface area contributed by atoms with Gasteiger partial charge in [-0.15, -0.1) is 11.3 Å². The summed E-state index contributed by atoms with van der Waals surface area (Å²) in [7, 11) is 1.78. The summed E-state index contributed by atoms with van der Waals surface area (Å²) in [6.45, 7) is 1.72. The van der Waals surface area contributed by atoms with Gasteiger partial charge in [0.05, 0.1) is 5.69 Å². The molecule has 0 unspecified atom stereocenters. The van der Waals surface area contributed by atoms with E-state index in [-0.39, 0.29) is 12.7 Å². The molecule has 1 aromatic carbocycles. The van der Waals surface area contributed by atoms with E-state index >= 15 is 0 Å². The van der Waals surface area contributed by atoms with Crippen molar-refractivity contribution in [2.75, 3.05) is 12.1 Å². The van der Waals surface area contributed by atoms with Crippen LogP contribution in [0.3, 0.4) is 0 Å². The Morgan fingerprint density at radius 2 is 2.08 bits per heavy atom. The molecular weight excluding hydrogens is 328 g/mol. The first-order chi connectivity index (χ1) is 11.6. The molecule has 0 bridgehead atoms. The van der Waals surface area contributed by atoms with E-state index in [0.29, 0.717) is 5.82 Å². The molecule has 0 atom stereocenters. The molecule has 24 heavy (non-hydrogen) atoms. The van der Waals surface area contributed by atoms with Crippen molar-refractivity contribution in [1.82, 2.24) is 14.8 Å². The maximum absolute atomic E-state index is 11.2. The average molecular weight is 342 g/mol. The average Bonchev–Trinajstić information content (AvgIpc) is 3.26. The molecule has 4 rings (SSSR count). The number of rotatable bonds is 3. The van der Waals surface area contributed by atoms with E-state index < -0.39 is 0 Å². The number of carbonyl (C=O) groups is 1. The molecule has 1 aliphatic heterocycles. The molecule has 122 valence electrons. The van der Waals surface area contributed by atoms with Crippen molar-refractivity contribution in [3.05, 3.63) is 29.6 Å². The van der Waals surface area contributed by atoms with Gasteiger partial charge in [0.25, 0.3) is 0 Å². The van der Waals surface area contributed by atoms with Gasteiger partial charge in [-0.2, -0.15) is 5.10 Å². The number of aryl methyl sites for hydroxylation is 1. The minimum atomic E-state index is -0.135.